The topological polar surface area (TPSA) is 29.3 Å². The van der Waals surface area contributed by atoms with Crippen molar-refractivity contribution in [3.8, 4) is 0 Å². The molecule has 1 aromatic heterocycles. The normalized spacial score (nSPS) is 14.0. The summed E-state index contributed by atoms with van der Waals surface area (Å²) in [6, 6.07) is 19.4. The van der Waals surface area contributed by atoms with Gasteiger partial charge in [-0.3, -0.25) is 0 Å². The second-order valence-corrected chi connectivity index (χ2v) is 7.54. The molecule has 27 heavy (non-hydrogen) atoms. The number of allylic oxidation sites excluding steroid dienone is 2. The van der Waals surface area contributed by atoms with Crippen LogP contribution in [0, 0.1) is 0 Å². The highest BCUT2D eigenvalue weighted by molar-refractivity contribution is 8.03. The highest BCUT2D eigenvalue weighted by Gasteiger charge is 2.22. The first kappa shape index (κ1) is 21.3. The fraction of sp³-hybridized carbons (Fsp3) is 0.217. The molecule has 1 aliphatic heterocycles. The molecule has 142 valence electrons. The van der Waals surface area contributed by atoms with E-state index in [0.717, 1.165) is 6.54 Å². The third-order valence-electron chi connectivity index (χ3n) is 3.90. The molecule has 0 bridgehead atoms. The molecule has 2 N–H and O–H groups in total. The van der Waals surface area contributed by atoms with Crippen molar-refractivity contribution in [3.63, 3.8) is 0 Å². The third-order valence-corrected chi connectivity index (χ3v) is 6.11. The van der Waals surface area contributed by atoms with Crippen LogP contribution in [-0.2, 0) is 0 Å². The van der Waals surface area contributed by atoms with E-state index in [9.17, 15) is 0 Å². The van der Waals surface area contributed by atoms with E-state index >= 15 is 0 Å². The van der Waals surface area contributed by atoms with Crippen LogP contribution < -0.4 is 10.6 Å². The van der Waals surface area contributed by atoms with E-state index in [1.54, 1.807) is 0 Å². The van der Waals surface area contributed by atoms with E-state index in [4.69, 9.17) is 0 Å². The van der Waals surface area contributed by atoms with Gasteiger partial charge in [0.25, 0.3) is 0 Å². The summed E-state index contributed by atoms with van der Waals surface area (Å²) in [5, 5.41) is 2.62. The number of para-hydroxylation sites is 1. The Bertz CT molecular complexity index is 876. The molecule has 0 atom stereocenters. The monoisotopic (exact) mass is 396 g/mol. The molecule has 3 aromatic rings. The Balaban J connectivity index is 0.000000614. The maximum Gasteiger partial charge on any atom is 0.0801 e. The van der Waals surface area contributed by atoms with Gasteiger partial charge in [-0.05, 0) is 55.8 Å². The van der Waals surface area contributed by atoms with Crippen molar-refractivity contribution >= 4 is 44.9 Å². The molecule has 2 nitrogen and oxygen atoms in total. The number of thioether (sulfide) groups is 1. The van der Waals surface area contributed by atoms with Crippen LogP contribution in [0.15, 0.2) is 76.7 Å². The quantitative estimate of drug-likeness (QED) is 0.517. The van der Waals surface area contributed by atoms with Crippen LogP contribution in [0.4, 0.5) is 5.69 Å². The smallest absolute Gasteiger partial charge is 0.0801 e. The lowest BCUT2D eigenvalue weighted by Crippen LogP contribution is -2.16. The average Bonchev–Trinajstić information content (AvgIpc) is 3.31. The van der Waals surface area contributed by atoms with Gasteiger partial charge in [0.1, 0.15) is 0 Å². The molecule has 0 spiro atoms. The maximum atomic E-state index is 4.50. The van der Waals surface area contributed by atoms with Gasteiger partial charge in [-0.1, -0.05) is 62.0 Å². The number of thiophene rings is 1. The zero-order valence-corrected chi connectivity index (χ0v) is 18.1. The van der Waals surface area contributed by atoms with Gasteiger partial charge in [0.2, 0.25) is 0 Å². The van der Waals surface area contributed by atoms with Crippen molar-refractivity contribution in [2.75, 3.05) is 18.5 Å². The summed E-state index contributed by atoms with van der Waals surface area (Å²) >= 11 is 3.69. The first-order valence-electron chi connectivity index (χ1n) is 9.34. The predicted octanol–water partition coefficient (Wildman–Crippen LogP) is 6.99. The fourth-order valence-corrected chi connectivity index (χ4v) is 4.93. The summed E-state index contributed by atoms with van der Waals surface area (Å²) in [5.41, 5.74) is 5.82. The molecule has 2 heterocycles. The molecule has 2 aromatic carbocycles. The fourth-order valence-electron chi connectivity index (χ4n) is 2.81. The summed E-state index contributed by atoms with van der Waals surface area (Å²) in [5.74, 6) is 0. The van der Waals surface area contributed by atoms with Crippen LogP contribution in [-0.4, -0.2) is 13.6 Å². The van der Waals surface area contributed by atoms with Gasteiger partial charge in [0.05, 0.1) is 10.7 Å². The standard InChI is InChI=1S/C20H17NS2.C2H6.CH5N/c1-2-21-17-10-4-6-12-19(17)23-20(21)13-7-9-16-14-15-8-3-5-11-18(15)22-16;2*1-2/h3-14H,2H2,1H3;1-2H3;2H2,1H3/b9-7+,20-13+;;. The van der Waals surface area contributed by atoms with Crippen LogP contribution in [0.3, 0.4) is 0 Å². The Morgan fingerprint density at radius 3 is 2.44 bits per heavy atom. The van der Waals surface area contributed by atoms with E-state index in [2.05, 4.69) is 90.4 Å². The molecule has 0 amide bonds. The molecule has 4 heteroatoms. The number of hydrogen-bond acceptors (Lipinski definition) is 4. The summed E-state index contributed by atoms with van der Waals surface area (Å²) < 4.78 is 1.35. The summed E-state index contributed by atoms with van der Waals surface area (Å²) in [7, 11) is 1.50. The van der Waals surface area contributed by atoms with Crippen LogP contribution in [0.2, 0.25) is 0 Å². The van der Waals surface area contributed by atoms with Crippen molar-refractivity contribution in [1.29, 1.82) is 0 Å². The SMILES string of the molecule is CC.CCN1/C(=C\C=C\c2cc3ccccc3s2)Sc2ccccc21.CN. The van der Waals surface area contributed by atoms with Crippen molar-refractivity contribution in [2.45, 2.75) is 25.7 Å². The molecule has 1 aliphatic rings. The average molecular weight is 397 g/mol. The largest absolute Gasteiger partial charge is 0.335 e. The molecule has 0 saturated heterocycles. The van der Waals surface area contributed by atoms with Crippen LogP contribution >= 0.6 is 23.1 Å². The van der Waals surface area contributed by atoms with Gasteiger partial charge >= 0.3 is 0 Å². The molecule has 0 unspecified atom stereocenters. The van der Waals surface area contributed by atoms with Crippen LogP contribution in [0.25, 0.3) is 16.2 Å². The molecule has 0 radical (unpaired) electrons. The number of nitrogens with two attached hydrogens (primary N) is 1. The second kappa shape index (κ2) is 11.0. The number of fused-ring (bicyclic) bond motifs is 2. The lowest BCUT2D eigenvalue weighted by Gasteiger charge is -2.17. The summed E-state index contributed by atoms with van der Waals surface area (Å²) in [6.45, 7) is 7.19. The van der Waals surface area contributed by atoms with Gasteiger partial charge in [0, 0.05) is 21.0 Å². The predicted molar refractivity (Wildman–Crippen MR) is 126 cm³/mol. The maximum absolute atomic E-state index is 4.50. The van der Waals surface area contributed by atoms with E-state index < -0.39 is 0 Å². The van der Waals surface area contributed by atoms with Crippen LogP contribution in [0.5, 0.6) is 0 Å². The van der Waals surface area contributed by atoms with E-state index in [1.807, 2.05) is 36.9 Å². The number of anilines is 1. The number of rotatable bonds is 3. The van der Waals surface area contributed by atoms with Gasteiger partial charge in [-0.25, -0.2) is 0 Å². The first-order valence-corrected chi connectivity index (χ1v) is 11.0. The minimum absolute atomic E-state index is 0.993. The molecule has 0 aliphatic carbocycles. The minimum atomic E-state index is 0.993. The van der Waals surface area contributed by atoms with Gasteiger partial charge in [0.15, 0.2) is 0 Å². The minimum Gasteiger partial charge on any atom is -0.335 e. The number of benzene rings is 2. The number of hydrogen-bond donors (Lipinski definition) is 1. The van der Waals surface area contributed by atoms with Crippen molar-refractivity contribution in [1.82, 2.24) is 0 Å². The van der Waals surface area contributed by atoms with Crippen molar-refractivity contribution in [2.24, 2.45) is 5.73 Å². The third kappa shape index (κ3) is 5.04. The Labute approximate surface area is 171 Å². The Morgan fingerprint density at radius 2 is 1.70 bits per heavy atom. The van der Waals surface area contributed by atoms with Crippen LogP contribution in [0.1, 0.15) is 25.6 Å². The Hall–Kier alpha value is -2.01. The van der Waals surface area contributed by atoms with E-state index in [0.29, 0.717) is 0 Å². The molecule has 4 rings (SSSR count). The van der Waals surface area contributed by atoms with Gasteiger partial charge < -0.3 is 10.6 Å². The van der Waals surface area contributed by atoms with E-state index in [-0.39, 0.29) is 0 Å². The van der Waals surface area contributed by atoms with E-state index in [1.165, 1.54) is 37.6 Å². The Morgan fingerprint density at radius 1 is 1.00 bits per heavy atom. The van der Waals surface area contributed by atoms with Gasteiger partial charge in [-0.2, -0.15) is 0 Å². The van der Waals surface area contributed by atoms with Crippen molar-refractivity contribution < 1.29 is 0 Å². The number of nitrogens with zero attached hydrogens (tertiary/aromatic N) is 1. The molecular weight excluding hydrogens is 368 g/mol. The molecule has 0 fully saturated rings. The second-order valence-electron chi connectivity index (χ2n) is 5.36. The van der Waals surface area contributed by atoms with Crippen molar-refractivity contribution in [3.05, 3.63) is 76.7 Å². The Kier molecular flexibility index (Phi) is 8.65. The highest BCUT2D eigenvalue weighted by atomic mass is 32.2. The molecular formula is C23H28N2S2. The molecule has 0 saturated carbocycles. The summed E-state index contributed by atoms with van der Waals surface area (Å²) in [4.78, 5) is 5.01. The lowest BCUT2D eigenvalue weighted by atomic mass is 10.2. The zero-order valence-electron chi connectivity index (χ0n) is 16.5. The highest BCUT2D eigenvalue weighted by Crippen LogP contribution is 2.45. The van der Waals surface area contributed by atoms with Gasteiger partial charge in [-0.15, -0.1) is 11.3 Å². The zero-order chi connectivity index (χ0) is 19.6. The first-order chi connectivity index (χ1) is 13.3. The lowest BCUT2D eigenvalue weighted by molar-refractivity contribution is 1.00. The summed E-state index contributed by atoms with van der Waals surface area (Å²) in [6.07, 6.45) is 6.59.